The average molecular weight is 377 g/mol. The van der Waals surface area contributed by atoms with Crippen LogP contribution in [0.3, 0.4) is 0 Å². The number of rotatable bonds is 5. The highest BCUT2D eigenvalue weighted by molar-refractivity contribution is 5.61. The van der Waals surface area contributed by atoms with Gasteiger partial charge < -0.3 is 10.2 Å². The maximum atomic E-state index is 13.0. The van der Waals surface area contributed by atoms with Crippen molar-refractivity contribution in [2.24, 2.45) is 0 Å². The number of nitrogens with one attached hydrogen (secondary N) is 1. The molecular formula is C22H24FN5. The highest BCUT2D eigenvalue weighted by Gasteiger charge is 2.13. The van der Waals surface area contributed by atoms with Crippen LogP contribution in [-0.4, -0.2) is 53.2 Å². The highest BCUT2D eigenvalue weighted by Crippen LogP contribution is 2.20. The molecule has 0 spiro atoms. The van der Waals surface area contributed by atoms with E-state index < -0.39 is 0 Å². The van der Waals surface area contributed by atoms with Gasteiger partial charge in [0.15, 0.2) is 5.82 Å². The van der Waals surface area contributed by atoms with Crippen molar-refractivity contribution in [2.75, 3.05) is 38.5 Å². The van der Waals surface area contributed by atoms with Gasteiger partial charge in [-0.2, -0.15) is 0 Å². The molecule has 1 aliphatic rings. The summed E-state index contributed by atoms with van der Waals surface area (Å²) in [6.45, 7) is 5.48. The lowest BCUT2D eigenvalue weighted by atomic mass is 10.1. The van der Waals surface area contributed by atoms with Crippen LogP contribution in [0.2, 0.25) is 0 Å². The molecule has 6 heteroatoms. The van der Waals surface area contributed by atoms with Gasteiger partial charge in [0, 0.05) is 44.0 Å². The lowest BCUT2D eigenvalue weighted by Crippen LogP contribution is -2.43. The van der Waals surface area contributed by atoms with E-state index in [0.29, 0.717) is 11.5 Å². The Morgan fingerprint density at radius 2 is 1.57 bits per heavy atom. The number of likely N-dealkylation sites (N-methyl/N-ethyl adjacent to an activating group) is 1. The van der Waals surface area contributed by atoms with Crippen molar-refractivity contribution in [1.82, 2.24) is 20.0 Å². The Balaban J connectivity index is 1.35. The molecule has 0 aliphatic carbocycles. The van der Waals surface area contributed by atoms with Gasteiger partial charge in [0.25, 0.3) is 0 Å². The molecule has 0 atom stereocenters. The summed E-state index contributed by atoms with van der Waals surface area (Å²) in [5.74, 6) is 0.420. The summed E-state index contributed by atoms with van der Waals surface area (Å²) in [4.78, 5) is 4.86. The molecule has 5 nitrogen and oxygen atoms in total. The van der Waals surface area contributed by atoms with Crippen molar-refractivity contribution in [2.45, 2.75) is 6.54 Å². The summed E-state index contributed by atoms with van der Waals surface area (Å²) >= 11 is 0. The minimum Gasteiger partial charge on any atom is -0.339 e. The molecule has 0 unspecified atom stereocenters. The van der Waals surface area contributed by atoms with E-state index in [2.05, 4.69) is 56.6 Å². The Bertz CT molecular complexity index is 886. The smallest absolute Gasteiger partial charge is 0.153 e. The molecule has 28 heavy (non-hydrogen) atoms. The van der Waals surface area contributed by atoms with Crippen LogP contribution in [0.25, 0.3) is 11.3 Å². The highest BCUT2D eigenvalue weighted by atomic mass is 19.1. The topological polar surface area (TPSA) is 44.3 Å². The van der Waals surface area contributed by atoms with E-state index in [4.69, 9.17) is 0 Å². The number of hydrogen-bond donors (Lipinski definition) is 1. The minimum atomic E-state index is -0.258. The first-order chi connectivity index (χ1) is 13.7. The number of hydrogen-bond acceptors (Lipinski definition) is 5. The zero-order chi connectivity index (χ0) is 19.3. The van der Waals surface area contributed by atoms with E-state index >= 15 is 0 Å². The lowest BCUT2D eigenvalue weighted by molar-refractivity contribution is 0.148. The first-order valence-electron chi connectivity index (χ1n) is 9.52. The maximum Gasteiger partial charge on any atom is 0.153 e. The molecule has 1 aliphatic heterocycles. The molecule has 0 bridgehead atoms. The van der Waals surface area contributed by atoms with Gasteiger partial charge in [-0.05, 0) is 61.1 Å². The first kappa shape index (κ1) is 18.5. The van der Waals surface area contributed by atoms with Gasteiger partial charge in [0.05, 0.1) is 5.69 Å². The summed E-state index contributed by atoms with van der Waals surface area (Å²) in [6, 6.07) is 18.5. The molecule has 2 heterocycles. The number of benzene rings is 2. The third kappa shape index (κ3) is 4.71. The number of anilines is 2. The Kier molecular flexibility index (Phi) is 5.60. The summed E-state index contributed by atoms with van der Waals surface area (Å²) in [5.41, 5.74) is 3.85. The summed E-state index contributed by atoms with van der Waals surface area (Å²) in [7, 11) is 2.17. The zero-order valence-electron chi connectivity index (χ0n) is 16.0. The van der Waals surface area contributed by atoms with E-state index in [9.17, 15) is 4.39 Å². The van der Waals surface area contributed by atoms with E-state index in [-0.39, 0.29) is 5.82 Å². The SMILES string of the molecule is CN1CCN(Cc2ccc(Nc3ccc(-c4ccc(F)cc4)nn3)cc2)CC1. The zero-order valence-corrected chi connectivity index (χ0v) is 16.0. The third-order valence-corrected chi connectivity index (χ3v) is 5.03. The molecule has 144 valence electrons. The minimum absolute atomic E-state index is 0.258. The molecule has 3 aromatic rings. The van der Waals surface area contributed by atoms with Crippen molar-refractivity contribution in [3.8, 4) is 11.3 Å². The molecular weight excluding hydrogens is 353 g/mol. The molecule has 0 amide bonds. The second-order valence-corrected chi connectivity index (χ2v) is 7.21. The van der Waals surface area contributed by atoms with Gasteiger partial charge in [0.1, 0.15) is 5.82 Å². The predicted molar refractivity (Wildman–Crippen MR) is 110 cm³/mol. The molecule has 4 rings (SSSR count). The van der Waals surface area contributed by atoms with Crippen molar-refractivity contribution >= 4 is 11.5 Å². The van der Waals surface area contributed by atoms with Gasteiger partial charge in [-0.15, -0.1) is 10.2 Å². The summed E-state index contributed by atoms with van der Waals surface area (Å²) in [5, 5.41) is 11.7. The van der Waals surface area contributed by atoms with Crippen molar-refractivity contribution < 1.29 is 4.39 Å². The Morgan fingerprint density at radius 3 is 2.21 bits per heavy atom. The van der Waals surface area contributed by atoms with Crippen LogP contribution in [0, 0.1) is 5.82 Å². The van der Waals surface area contributed by atoms with Gasteiger partial charge in [-0.1, -0.05) is 12.1 Å². The largest absolute Gasteiger partial charge is 0.339 e. The van der Waals surface area contributed by atoms with Crippen LogP contribution >= 0.6 is 0 Å². The quantitative estimate of drug-likeness (QED) is 0.733. The second kappa shape index (κ2) is 8.46. The van der Waals surface area contributed by atoms with Crippen LogP contribution in [0.5, 0.6) is 0 Å². The van der Waals surface area contributed by atoms with Crippen molar-refractivity contribution in [3.05, 3.63) is 72.0 Å². The number of halogens is 1. The Morgan fingerprint density at radius 1 is 0.857 bits per heavy atom. The van der Waals surface area contributed by atoms with E-state index in [1.165, 1.54) is 17.7 Å². The van der Waals surface area contributed by atoms with Gasteiger partial charge in [0.2, 0.25) is 0 Å². The maximum absolute atomic E-state index is 13.0. The fraction of sp³-hybridized carbons (Fsp3) is 0.273. The molecule has 0 saturated carbocycles. The third-order valence-electron chi connectivity index (χ3n) is 5.03. The van der Waals surface area contributed by atoms with Gasteiger partial charge in [-0.25, -0.2) is 4.39 Å². The Hall–Kier alpha value is -2.83. The predicted octanol–water partition coefficient (Wildman–Crippen LogP) is 3.77. The van der Waals surface area contributed by atoms with Crippen LogP contribution in [0.15, 0.2) is 60.7 Å². The fourth-order valence-electron chi connectivity index (χ4n) is 3.28. The van der Waals surface area contributed by atoms with E-state index in [1.807, 2.05) is 12.1 Å². The molecule has 1 saturated heterocycles. The lowest BCUT2D eigenvalue weighted by Gasteiger charge is -2.32. The van der Waals surface area contributed by atoms with Gasteiger partial charge >= 0.3 is 0 Å². The molecule has 2 aromatic carbocycles. The van der Waals surface area contributed by atoms with Crippen LogP contribution in [0.4, 0.5) is 15.9 Å². The normalized spacial score (nSPS) is 15.5. The van der Waals surface area contributed by atoms with Crippen molar-refractivity contribution in [3.63, 3.8) is 0 Å². The summed E-state index contributed by atoms with van der Waals surface area (Å²) in [6.07, 6.45) is 0. The van der Waals surface area contributed by atoms with Crippen LogP contribution in [0.1, 0.15) is 5.56 Å². The molecule has 1 fully saturated rings. The second-order valence-electron chi connectivity index (χ2n) is 7.21. The molecule has 1 aromatic heterocycles. The Labute approximate surface area is 164 Å². The first-order valence-corrected chi connectivity index (χ1v) is 9.52. The standard InChI is InChI=1S/C22H24FN5/c1-27-12-14-28(15-13-27)16-17-2-8-20(9-3-17)24-22-11-10-21(25-26-22)18-4-6-19(23)7-5-18/h2-11H,12-16H2,1H3,(H,24,26). The van der Waals surface area contributed by atoms with Crippen LogP contribution in [-0.2, 0) is 6.54 Å². The fourth-order valence-corrected chi connectivity index (χ4v) is 3.28. The number of nitrogens with zero attached hydrogens (tertiary/aromatic N) is 4. The van der Waals surface area contributed by atoms with Gasteiger partial charge in [-0.3, -0.25) is 4.90 Å². The monoisotopic (exact) mass is 377 g/mol. The summed E-state index contributed by atoms with van der Waals surface area (Å²) < 4.78 is 13.0. The number of piperazine rings is 1. The molecule has 0 radical (unpaired) electrons. The van der Waals surface area contributed by atoms with Crippen molar-refractivity contribution in [1.29, 1.82) is 0 Å². The van der Waals surface area contributed by atoms with E-state index in [1.54, 1.807) is 12.1 Å². The van der Waals surface area contributed by atoms with Crippen LogP contribution < -0.4 is 5.32 Å². The molecule has 1 N–H and O–H groups in total. The number of aromatic nitrogens is 2. The average Bonchev–Trinajstić information content (AvgIpc) is 2.72. The van der Waals surface area contributed by atoms with E-state index in [0.717, 1.165) is 44.0 Å².